The van der Waals surface area contributed by atoms with E-state index < -0.39 is 6.10 Å². The van der Waals surface area contributed by atoms with Crippen LogP contribution < -0.4 is 0 Å². The van der Waals surface area contributed by atoms with Crippen LogP contribution in [0.1, 0.15) is 290 Å². The molecule has 68 heavy (non-hydrogen) atoms. The molecule has 0 saturated carbocycles. The topological polar surface area (TPSA) is 61.8 Å². The molecule has 394 valence electrons. The Balaban J connectivity index is 4.32. The predicted octanol–water partition coefficient (Wildman–Crippen LogP) is 20.2. The maximum Gasteiger partial charge on any atom is 0.306 e. The van der Waals surface area contributed by atoms with Crippen molar-refractivity contribution in [2.24, 2.45) is 0 Å². The Kier molecular flexibility index (Phi) is 56.4. The largest absolute Gasteiger partial charge is 0.462 e. The summed E-state index contributed by atoms with van der Waals surface area (Å²) in [7, 11) is 0. The minimum Gasteiger partial charge on any atom is -0.462 e. The highest BCUT2D eigenvalue weighted by Gasteiger charge is 2.17. The number of ether oxygens (including phenoxy) is 3. The molecule has 0 aliphatic carbocycles. The van der Waals surface area contributed by atoms with Crippen LogP contribution in [0.5, 0.6) is 0 Å². The number of rotatable bonds is 54. The number of carbonyl (C=O) groups excluding carboxylic acids is 2. The molecule has 0 heterocycles. The van der Waals surface area contributed by atoms with Crippen molar-refractivity contribution < 1.29 is 23.8 Å². The zero-order valence-electron chi connectivity index (χ0n) is 45.4. The van der Waals surface area contributed by atoms with Gasteiger partial charge in [0.2, 0.25) is 0 Å². The fourth-order valence-corrected chi connectivity index (χ4v) is 8.36. The lowest BCUT2D eigenvalue weighted by molar-refractivity contribution is -0.163. The van der Waals surface area contributed by atoms with Crippen molar-refractivity contribution in [1.82, 2.24) is 0 Å². The van der Waals surface area contributed by atoms with E-state index in [1.54, 1.807) is 0 Å². The van der Waals surface area contributed by atoms with Crippen LogP contribution in [-0.4, -0.2) is 37.9 Å². The van der Waals surface area contributed by atoms with Crippen LogP contribution in [0.25, 0.3) is 0 Å². The van der Waals surface area contributed by atoms with E-state index in [0.29, 0.717) is 19.4 Å². The number of unbranched alkanes of at least 4 members (excludes halogenated alkanes) is 31. The Bertz CT molecular complexity index is 1210. The molecule has 0 aromatic carbocycles. The van der Waals surface area contributed by atoms with Gasteiger partial charge in [-0.25, -0.2) is 0 Å². The molecule has 0 saturated heterocycles. The average Bonchev–Trinajstić information content (AvgIpc) is 3.34. The molecule has 0 aliphatic rings. The lowest BCUT2D eigenvalue weighted by Crippen LogP contribution is -2.30. The average molecular weight is 950 g/mol. The highest BCUT2D eigenvalue weighted by Crippen LogP contribution is 2.16. The Morgan fingerprint density at radius 1 is 0.338 bits per heavy atom. The molecule has 0 aliphatic heterocycles. The molecule has 0 amide bonds. The fraction of sp³-hybridized carbons (Fsp3) is 0.778. The standard InChI is InChI=1S/C63H112O5/c1-4-7-10-13-16-19-22-25-28-30-32-33-36-38-41-44-47-50-53-56-62(64)67-60-61(68-63(65)57-54-51-48-45-42-39-35-27-24-21-18-15-12-9-6-3)59-66-58-55-52-49-46-43-40-37-34-31-29-26-23-20-17-14-11-8-5-2/h7,10,16,19,25,27-28,32-33,35,38,41,61H,4-6,8-9,11-15,17-18,20-24,26,29-31,34,36-37,39-40,42-60H2,1-3H3/b10-7-,19-16-,28-25-,33-32-,35-27-,41-38-. The van der Waals surface area contributed by atoms with Crippen molar-refractivity contribution in [3.8, 4) is 0 Å². The summed E-state index contributed by atoms with van der Waals surface area (Å²) in [5.74, 6) is -0.433. The molecule has 0 rings (SSSR count). The van der Waals surface area contributed by atoms with Gasteiger partial charge in [0, 0.05) is 19.4 Å². The lowest BCUT2D eigenvalue weighted by Gasteiger charge is -2.18. The van der Waals surface area contributed by atoms with E-state index in [9.17, 15) is 9.59 Å². The van der Waals surface area contributed by atoms with Gasteiger partial charge in [0.25, 0.3) is 0 Å². The summed E-state index contributed by atoms with van der Waals surface area (Å²) < 4.78 is 17.5. The normalized spacial score (nSPS) is 12.7. The summed E-state index contributed by atoms with van der Waals surface area (Å²) in [6.07, 6.45) is 76.4. The van der Waals surface area contributed by atoms with Gasteiger partial charge >= 0.3 is 11.9 Å². The first kappa shape index (κ1) is 65.3. The van der Waals surface area contributed by atoms with Crippen LogP contribution in [0.3, 0.4) is 0 Å². The van der Waals surface area contributed by atoms with Crippen LogP contribution in [0.2, 0.25) is 0 Å². The molecule has 1 unspecified atom stereocenters. The van der Waals surface area contributed by atoms with Gasteiger partial charge < -0.3 is 14.2 Å². The van der Waals surface area contributed by atoms with Crippen LogP contribution in [0.4, 0.5) is 0 Å². The molecule has 0 bridgehead atoms. The van der Waals surface area contributed by atoms with Gasteiger partial charge in [-0.15, -0.1) is 0 Å². The number of hydrogen-bond donors (Lipinski definition) is 0. The van der Waals surface area contributed by atoms with Crippen molar-refractivity contribution in [2.45, 2.75) is 297 Å². The van der Waals surface area contributed by atoms with Crippen LogP contribution >= 0.6 is 0 Å². The van der Waals surface area contributed by atoms with E-state index in [4.69, 9.17) is 14.2 Å². The van der Waals surface area contributed by atoms with E-state index in [1.165, 1.54) is 161 Å². The second kappa shape index (κ2) is 58.7. The van der Waals surface area contributed by atoms with Crippen LogP contribution in [-0.2, 0) is 23.8 Å². The van der Waals surface area contributed by atoms with E-state index in [1.807, 2.05) is 0 Å². The summed E-state index contributed by atoms with van der Waals surface area (Å²) >= 11 is 0. The van der Waals surface area contributed by atoms with Gasteiger partial charge in [0.05, 0.1) is 6.61 Å². The molecule has 0 N–H and O–H groups in total. The number of esters is 2. The third-order valence-electron chi connectivity index (χ3n) is 12.7. The van der Waals surface area contributed by atoms with Crippen molar-refractivity contribution in [3.05, 3.63) is 72.9 Å². The first-order valence-electron chi connectivity index (χ1n) is 29.5. The third kappa shape index (κ3) is 55.9. The smallest absolute Gasteiger partial charge is 0.306 e. The number of hydrogen-bond acceptors (Lipinski definition) is 5. The Morgan fingerprint density at radius 2 is 0.662 bits per heavy atom. The minimum absolute atomic E-state index is 0.0656. The Morgan fingerprint density at radius 3 is 1.09 bits per heavy atom. The van der Waals surface area contributed by atoms with E-state index in [0.717, 1.165) is 96.3 Å². The summed E-state index contributed by atoms with van der Waals surface area (Å²) in [6.45, 7) is 7.71. The molecule has 0 aromatic heterocycles. The molecule has 5 nitrogen and oxygen atoms in total. The van der Waals surface area contributed by atoms with Crippen LogP contribution in [0.15, 0.2) is 72.9 Å². The quantitative estimate of drug-likeness (QED) is 0.0345. The van der Waals surface area contributed by atoms with Gasteiger partial charge in [-0.3, -0.25) is 9.59 Å². The molecule has 1 atom stereocenters. The molecule has 0 spiro atoms. The van der Waals surface area contributed by atoms with Crippen molar-refractivity contribution >= 4 is 11.9 Å². The van der Waals surface area contributed by atoms with Crippen molar-refractivity contribution in [3.63, 3.8) is 0 Å². The van der Waals surface area contributed by atoms with Crippen molar-refractivity contribution in [1.29, 1.82) is 0 Å². The highest BCUT2D eigenvalue weighted by molar-refractivity contribution is 5.70. The SMILES string of the molecule is CC/C=C\C/C=C\C/C=C\C/C=C\C/C=C\CCCCCC(=O)OCC(COCCCCCCCCCCCCCCCCCCCC)OC(=O)CCCCCCC/C=C\CCCCCCCC. The maximum absolute atomic E-state index is 12.9. The van der Waals surface area contributed by atoms with Gasteiger partial charge in [0.15, 0.2) is 6.10 Å². The maximum atomic E-state index is 12.9. The highest BCUT2D eigenvalue weighted by atomic mass is 16.6. The summed E-state index contributed by atoms with van der Waals surface area (Å²) in [5.41, 5.74) is 0. The third-order valence-corrected chi connectivity index (χ3v) is 12.7. The first-order valence-corrected chi connectivity index (χ1v) is 29.5. The monoisotopic (exact) mass is 949 g/mol. The van der Waals surface area contributed by atoms with E-state index >= 15 is 0 Å². The number of carbonyl (C=O) groups is 2. The van der Waals surface area contributed by atoms with Crippen LogP contribution in [0, 0.1) is 0 Å². The molecule has 0 aromatic rings. The molecular weight excluding hydrogens is 837 g/mol. The molecule has 0 radical (unpaired) electrons. The van der Waals surface area contributed by atoms with Gasteiger partial charge in [0.1, 0.15) is 6.61 Å². The zero-order valence-corrected chi connectivity index (χ0v) is 45.4. The van der Waals surface area contributed by atoms with Gasteiger partial charge in [-0.05, 0) is 89.9 Å². The Labute approximate surface area is 423 Å². The van der Waals surface area contributed by atoms with Gasteiger partial charge in [-0.1, -0.05) is 261 Å². The van der Waals surface area contributed by atoms with E-state index in [-0.39, 0.29) is 25.2 Å². The summed E-state index contributed by atoms with van der Waals surface area (Å²) in [5, 5.41) is 0. The predicted molar refractivity (Wildman–Crippen MR) is 297 cm³/mol. The second-order valence-electron chi connectivity index (χ2n) is 19.5. The van der Waals surface area contributed by atoms with E-state index in [2.05, 4.69) is 93.7 Å². The summed E-state index contributed by atoms with van der Waals surface area (Å²) in [4.78, 5) is 25.5. The van der Waals surface area contributed by atoms with Crippen molar-refractivity contribution in [2.75, 3.05) is 19.8 Å². The Hall–Kier alpha value is -2.66. The van der Waals surface area contributed by atoms with Gasteiger partial charge in [-0.2, -0.15) is 0 Å². The summed E-state index contributed by atoms with van der Waals surface area (Å²) in [6, 6.07) is 0. The molecule has 5 heteroatoms. The number of allylic oxidation sites excluding steroid dienone is 12. The fourth-order valence-electron chi connectivity index (χ4n) is 8.36. The second-order valence-corrected chi connectivity index (χ2v) is 19.5. The lowest BCUT2D eigenvalue weighted by atomic mass is 10.0. The molecule has 0 fully saturated rings. The first-order chi connectivity index (χ1) is 33.6. The zero-order chi connectivity index (χ0) is 49.2. The molecular formula is C63H112O5. The minimum atomic E-state index is -0.555.